The Hall–Kier alpha value is -0.538. The van der Waals surface area contributed by atoms with Gasteiger partial charge >= 0.3 is 91.8 Å². The first-order chi connectivity index (χ1) is 7.31. The molecule has 0 fully saturated rings. The average Bonchev–Trinajstić information content (AvgIpc) is 1.96. The monoisotopic (exact) mass is 294 g/mol. The van der Waals surface area contributed by atoms with Crippen molar-refractivity contribution in [1.82, 2.24) is 0 Å². The van der Waals surface area contributed by atoms with Crippen LogP contribution in [0.25, 0.3) is 0 Å². The molecule has 0 heterocycles. The maximum atomic E-state index is 12.0. The van der Waals surface area contributed by atoms with Crippen molar-refractivity contribution in [3.63, 3.8) is 0 Å². The molecule has 0 saturated carbocycles. The Labute approximate surface area is 92.7 Å². The zero-order valence-corrected chi connectivity index (χ0v) is 8.36. The maximum absolute atomic E-state index is 12.0. The minimum atomic E-state index is -6.89. The van der Waals surface area contributed by atoms with E-state index in [2.05, 4.69) is 8.83 Å². The summed E-state index contributed by atoms with van der Waals surface area (Å²) in [6, 6.07) is 0. The van der Waals surface area contributed by atoms with Gasteiger partial charge in [0.15, 0.2) is 0 Å². The Morgan fingerprint density at radius 1 is 0.706 bits per heavy atom. The molecule has 0 atom stereocenters. The molecule has 0 aromatic heterocycles. The second kappa shape index (κ2) is 4.62. The van der Waals surface area contributed by atoms with Crippen LogP contribution in [0.15, 0.2) is 0 Å². The van der Waals surface area contributed by atoms with Crippen molar-refractivity contribution in [3.05, 3.63) is 0 Å². The van der Waals surface area contributed by atoms with Crippen molar-refractivity contribution in [2.45, 2.75) is 24.1 Å². The van der Waals surface area contributed by atoms with Crippen molar-refractivity contribution in [2.75, 3.05) is 0 Å². The Morgan fingerprint density at radius 2 is 1.00 bits per heavy atom. The van der Waals surface area contributed by atoms with Gasteiger partial charge in [0, 0.05) is 0 Å². The first kappa shape index (κ1) is 16.5. The predicted octanol–water partition coefficient (Wildman–Crippen LogP) is 2.32. The molecule has 0 N–H and O–H groups in total. The molecule has 0 unspecified atom stereocenters. The summed E-state index contributed by atoms with van der Waals surface area (Å²) < 4.78 is 120. The van der Waals surface area contributed by atoms with E-state index < -0.39 is 39.6 Å². The molecule has 0 aliphatic heterocycles. The molecule has 0 aromatic rings. The Kier molecular flexibility index (Phi) is 4.47. The van der Waals surface area contributed by atoms with Crippen LogP contribution >= 0.6 is 0 Å². The van der Waals surface area contributed by atoms with Crippen molar-refractivity contribution in [2.24, 2.45) is 0 Å². The Balaban J connectivity index is 5.83. The number of rotatable bonds is 3. The van der Waals surface area contributed by atoms with Crippen LogP contribution in [-0.4, -0.2) is 39.6 Å². The van der Waals surface area contributed by atoms with Gasteiger partial charge < -0.3 is 0 Å². The second-order valence-electron chi connectivity index (χ2n) is 2.45. The van der Waals surface area contributed by atoms with E-state index in [1.807, 2.05) is 0 Å². The molecule has 0 aliphatic carbocycles. The van der Waals surface area contributed by atoms with Crippen LogP contribution in [0.5, 0.6) is 0 Å². The fourth-order valence-corrected chi connectivity index (χ4v) is 0.899. The molecule has 3 nitrogen and oxygen atoms in total. The molecule has 0 aromatic carbocycles. The predicted molar refractivity (Wildman–Crippen MR) is 29.5 cm³/mol. The van der Waals surface area contributed by atoms with Gasteiger partial charge in [-0.2, -0.15) is 0 Å². The number of hydrogen-bond acceptors (Lipinski definition) is 3. The Morgan fingerprint density at radius 3 is 1.18 bits per heavy atom. The molecule has 0 amide bonds. The second-order valence-corrected chi connectivity index (χ2v) is 2.84. The SMILES string of the molecule is [O]=[Al][O]OC(C(F)(F)F)(C(F)(F)F)C(F)(F)F. The summed E-state index contributed by atoms with van der Waals surface area (Å²) >= 11 is -2.86. The molecule has 0 saturated heterocycles. The first-order valence-corrected chi connectivity index (χ1v) is 4.24. The standard InChI is InChI=1S/C4HF9O2.Al.O/c5-2(6,7)1(15-14,3(8,9)10)4(11,12)13;;/h14H;;/q;+1;/p-1. The van der Waals surface area contributed by atoms with Gasteiger partial charge in [-0.25, -0.2) is 0 Å². The third kappa shape index (κ3) is 2.83. The number of halogens is 9. The summed E-state index contributed by atoms with van der Waals surface area (Å²) in [5.74, 6) is 0. The summed E-state index contributed by atoms with van der Waals surface area (Å²) in [7, 11) is 0. The van der Waals surface area contributed by atoms with Crippen molar-refractivity contribution < 1.29 is 52.1 Å². The summed E-state index contributed by atoms with van der Waals surface area (Å²) in [6.45, 7) is 0. The van der Waals surface area contributed by atoms with Gasteiger partial charge in [0.1, 0.15) is 0 Å². The molecule has 13 heteroatoms. The number of hydrogen-bond donors (Lipinski definition) is 0. The van der Waals surface area contributed by atoms with E-state index in [1.54, 1.807) is 0 Å². The van der Waals surface area contributed by atoms with Crippen LogP contribution in [-0.2, 0) is 12.6 Å². The van der Waals surface area contributed by atoms with E-state index in [-0.39, 0.29) is 0 Å². The van der Waals surface area contributed by atoms with Gasteiger partial charge in [0.05, 0.1) is 0 Å². The molecule has 0 spiro atoms. The van der Waals surface area contributed by atoms with E-state index in [0.717, 1.165) is 0 Å². The van der Waals surface area contributed by atoms with Crippen LogP contribution in [0.4, 0.5) is 39.5 Å². The van der Waals surface area contributed by atoms with Gasteiger partial charge in [-0.05, 0) is 0 Å². The molecule has 0 aliphatic rings. The molecule has 0 rings (SSSR count). The minimum absolute atomic E-state index is 2.32. The van der Waals surface area contributed by atoms with E-state index in [0.29, 0.717) is 0 Å². The van der Waals surface area contributed by atoms with Crippen LogP contribution in [0, 0.1) is 0 Å². The quantitative estimate of drug-likeness (QED) is 0.347. The molecule has 0 radical (unpaired) electrons. The van der Waals surface area contributed by atoms with Crippen molar-refractivity contribution in [3.8, 4) is 0 Å². The van der Waals surface area contributed by atoms with Crippen LogP contribution in [0.3, 0.4) is 0 Å². The van der Waals surface area contributed by atoms with E-state index in [9.17, 15) is 43.3 Å². The first-order valence-electron chi connectivity index (χ1n) is 3.29. The summed E-state index contributed by atoms with van der Waals surface area (Å²) in [4.78, 5) is 2.32. The van der Waals surface area contributed by atoms with Crippen molar-refractivity contribution >= 4 is 15.5 Å². The van der Waals surface area contributed by atoms with E-state index >= 15 is 0 Å². The molecular weight excluding hydrogens is 294 g/mol. The van der Waals surface area contributed by atoms with Crippen molar-refractivity contribution in [1.29, 1.82) is 0 Å². The van der Waals surface area contributed by atoms with E-state index in [4.69, 9.17) is 0 Å². The molecule has 100 valence electrons. The van der Waals surface area contributed by atoms with Gasteiger partial charge in [-0.1, -0.05) is 0 Å². The molecule has 17 heavy (non-hydrogen) atoms. The van der Waals surface area contributed by atoms with Crippen LogP contribution < -0.4 is 0 Å². The normalized spacial score (nSPS) is 14.4. The molecule has 0 bridgehead atoms. The van der Waals surface area contributed by atoms with Gasteiger partial charge in [-0.15, -0.1) is 0 Å². The number of alkyl halides is 9. The van der Waals surface area contributed by atoms with E-state index in [1.165, 1.54) is 0 Å². The van der Waals surface area contributed by atoms with Crippen LogP contribution in [0.2, 0.25) is 0 Å². The summed E-state index contributed by atoms with van der Waals surface area (Å²) in [6.07, 6.45) is -20.7. The Bertz CT molecular complexity index is 241. The summed E-state index contributed by atoms with van der Waals surface area (Å²) in [5, 5.41) is 0. The third-order valence-electron chi connectivity index (χ3n) is 1.41. The fraction of sp³-hybridized carbons (Fsp3) is 1.00. The zero-order valence-electron chi connectivity index (χ0n) is 7.20. The summed E-state index contributed by atoms with van der Waals surface area (Å²) in [5.41, 5.74) is -6.54. The van der Waals surface area contributed by atoms with Gasteiger partial charge in [0.25, 0.3) is 0 Å². The third-order valence-corrected chi connectivity index (χ3v) is 1.58. The van der Waals surface area contributed by atoms with Crippen LogP contribution in [0.1, 0.15) is 0 Å². The topological polar surface area (TPSA) is 35.5 Å². The molecular formula is C4AlF9O3. The average molecular weight is 294 g/mol. The van der Waals surface area contributed by atoms with Gasteiger partial charge in [-0.3, -0.25) is 0 Å². The van der Waals surface area contributed by atoms with Gasteiger partial charge in [0.2, 0.25) is 0 Å². The zero-order chi connectivity index (χ0) is 14.1. The fourth-order valence-electron chi connectivity index (χ4n) is 0.716.